The van der Waals surface area contributed by atoms with Crippen LogP contribution >= 0.6 is 11.3 Å². The Morgan fingerprint density at radius 2 is 1.75 bits per heavy atom. The lowest BCUT2D eigenvalue weighted by molar-refractivity contribution is 0.0983. The third kappa shape index (κ3) is 4.31. The van der Waals surface area contributed by atoms with E-state index in [-0.39, 0.29) is 0 Å². The summed E-state index contributed by atoms with van der Waals surface area (Å²) in [5.41, 5.74) is 2.34. The maximum absolute atomic E-state index is 12.1. The lowest BCUT2D eigenvalue weighted by Crippen LogP contribution is -1.95. The number of ketones is 1. The Morgan fingerprint density at radius 1 is 1.00 bits per heavy atom. The van der Waals surface area contributed by atoms with Crippen molar-refractivity contribution in [3.05, 3.63) is 46.7 Å². The number of carbonyl (C=O) groups excluding carboxylic acids is 1. The molecule has 0 N–H and O–H groups in total. The minimum atomic E-state index is 0.300. The van der Waals surface area contributed by atoms with E-state index in [1.807, 2.05) is 24.3 Å². The van der Waals surface area contributed by atoms with Crippen molar-refractivity contribution in [3.63, 3.8) is 0 Å². The van der Waals surface area contributed by atoms with Gasteiger partial charge >= 0.3 is 0 Å². The first kappa shape index (κ1) is 15.0. The molecule has 0 saturated carbocycles. The number of hydrogen-bond donors (Lipinski definition) is 0. The van der Waals surface area contributed by atoms with Gasteiger partial charge in [-0.15, -0.1) is 11.3 Å². The van der Waals surface area contributed by atoms with Crippen LogP contribution in [0.3, 0.4) is 0 Å². The molecule has 106 valence electrons. The number of hydrogen-bond acceptors (Lipinski definition) is 2. The summed E-state index contributed by atoms with van der Waals surface area (Å²) in [6.07, 6.45) is 6.68. The Labute approximate surface area is 125 Å². The van der Waals surface area contributed by atoms with Gasteiger partial charge in [0.2, 0.25) is 0 Å². The fourth-order valence-corrected chi connectivity index (χ4v) is 3.16. The molecule has 1 nitrogen and oxygen atoms in total. The van der Waals surface area contributed by atoms with Crippen LogP contribution in [0.4, 0.5) is 0 Å². The van der Waals surface area contributed by atoms with Crippen LogP contribution in [0.25, 0.3) is 11.1 Å². The third-order valence-corrected chi connectivity index (χ3v) is 4.46. The summed E-state index contributed by atoms with van der Waals surface area (Å²) in [5, 5.41) is 2.08. The zero-order chi connectivity index (χ0) is 14.2. The van der Waals surface area contributed by atoms with Crippen LogP contribution in [0.1, 0.15) is 55.1 Å². The van der Waals surface area contributed by atoms with Gasteiger partial charge in [0.1, 0.15) is 0 Å². The second kappa shape index (κ2) is 8.01. The molecule has 1 aromatic carbocycles. The predicted molar refractivity (Wildman–Crippen MR) is 87.5 cm³/mol. The van der Waals surface area contributed by atoms with Crippen molar-refractivity contribution >= 4 is 17.1 Å². The van der Waals surface area contributed by atoms with Gasteiger partial charge in [-0.25, -0.2) is 0 Å². The average Bonchev–Trinajstić information content (AvgIpc) is 2.98. The predicted octanol–water partition coefficient (Wildman–Crippen LogP) is 5.96. The Kier molecular flexibility index (Phi) is 6.00. The Bertz CT molecular complexity index is 527. The molecule has 0 atom stereocenters. The molecule has 0 spiro atoms. The van der Waals surface area contributed by atoms with Crippen molar-refractivity contribution in [2.45, 2.75) is 45.4 Å². The van der Waals surface area contributed by atoms with Gasteiger partial charge in [0.15, 0.2) is 5.78 Å². The van der Waals surface area contributed by atoms with Crippen LogP contribution in [0, 0.1) is 0 Å². The standard InChI is InChI=1S/C18H22OS/c1-2-3-4-5-9-12-17(19)18-13-16(14-20-18)15-10-7-6-8-11-15/h6-8,10-11,13-14H,2-5,9,12H2,1H3. The van der Waals surface area contributed by atoms with Gasteiger partial charge in [0.25, 0.3) is 0 Å². The number of thiophene rings is 1. The van der Waals surface area contributed by atoms with Gasteiger partial charge in [-0.2, -0.15) is 0 Å². The molecule has 0 aliphatic carbocycles. The largest absolute Gasteiger partial charge is 0.293 e. The van der Waals surface area contributed by atoms with E-state index < -0.39 is 0 Å². The second-order valence-corrected chi connectivity index (χ2v) is 6.06. The van der Waals surface area contributed by atoms with E-state index in [0.29, 0.717) is 12.2 Å². The number of Topliss-reactive ketones (excluding diaryl/α,β-unsaturated/α-hetero) is 1. The van der Waals surface area contributed by atoms with E-state index >= 15 is 0 Å². The maximum atomic E-state index is 12.1. The number of benzene rings is 1. The van der Waals surface area contributed by atoms with Crippen LogP contribution in [0.5, 0.6) is 0 Å². The van der Waals surface area contributed by atoms with Crippen molar-refractivity contribution in [2.75, 3.05) is 0 Å². The number of carbonyl (C=O) groups is 1. The summed E-state index contributed by atoms with van der Waals surface area (Å²) in [7, 11) is 0. The Balaban J connectivity index is 1.87. The monoisotopic (exact) mass is 286 g/mol. The smallest absolute Gasteiger partial charge is 0.172 e. The molecule has 0 aliphatic heterocycles. The number of rotatable bonds is 8. The van der Waals surface area contributed by atoms with Gasteiger partial charge in [0.05, 0.1) is 4.88 Å². The third-order valence-electron chi connectivity index (χ3n) is 3.49. The van der Waals surface area contributed by atoms with Crippen molar-refractivity contribution in [2.24, 2.45) is 0 Å². The molecule has 0 aliphatic rings. The molecular weight excluding hydrogens is 264 g/mol. The quantitative estimate of drug-likeness (QED) is 0.432. The molecule has 0 bridgehead atoms. The maximum Gasteiger partial charge on any atom is 0.172 e. The Hall–Kier alpha value is -1.41. The molecule has 0 fully saturated rings. The summed E-state index contributed by atoms with van der Waals surface area (Å²) < 4.78 is 0. The van der Waals surface area contributed by atoms with Crippen molar-refractivity contribution in [1.29, 1.82) is 0 Å². The molecule has 1 heterocycles. The highest BCUT2D eigenvalue weighted by molar-refractivity contribution is 7.12. The van der Waals surface area contributed by atoms with E-state index in [2.05, 4.69) is 24.4 Å². The van der Waals surface area contributed by atoms with Crippen molar-refractivity contribution in [1.82, 2.24) is 0 Å². The van der Waals surface area contributed by atoms with Crippen molar-refractivity contribution < 1.29 is 4.79 Å². The molecule has 20 heavy (non-hydrogen) atoms. The summed E-state index contributed by atoms with van der Waals surface area (Å²) in [6, 6.07) is 12.3. The van der Waals surface area contributed by atoms with Gasteiger partial charge in [-0.05, 0) is 29.0 Å². The van der Waals surface area contributed by atoms with Gasteiger partial charge in [-0.3, -0.25) is 4.79 Å². The van der Waals surface area contributed by atoms with Crippen molar-refractivity contribution in [3.8, 4) is 11.1 Å². The van der Waals surface area contributed by atoms with Gasteiger partial charge < -0.3 is 0 Å². The van der Waals surface area contributed by atoms with Crippen LogP contribution in [0.2, 0.25) is 0 Å². The molecule has 0 saturated heterocycles. The van der Waals surface area contributed by atoms with Gasteiger partial charge in [-0.1, -0.05) is 62.9 Å². The highest BCUT2D eigenvalue weighted by Crippen LogP contribution is 2.26. The van der Waals surface area contributed by atoms with Gasteiger partial charge in [0, 0.05) is 6.42 Å². The fourth-order valence-electron chi connectivity index (χ4n) is 2.28. The van der Waals surface area contributed by atoms with E-state index in [4.69, 9.17) is 0 Å². The summed E-state index contributed by atoms with van der Waals surface area (Å²) in [6.45, 7) is 2.21. The first-order valence-electron chi connectivity index (χ1n) is 7.48. The van der Waals surface area contributed by atoms with E-state index in [0.717, 1.165) is 16.9 Å². The van der Waals surface area contributed by atoms with Crippen LogP contribution in [-0.4, -0.2) is 5.78 Å². The van der Waals surface area contributed by atoms with Crippen LogP contribution in [0.15, 0.2) is 41.8 Å². The Morgan fingerprint density at radius 3 is 2.50 bits per heavy atom. The summed E-state index contributed by atoms with van der Waals surface area (Å²) in [5.74, 6) is 0.300. The summed E-state index contributed by atoms with van der Waals surface area (Å²) >= 11 is 1.57. The lowest BCUT2D eigenvalue weighted by Gasteiger charge is -1.99. The molecule has 1 aromatic heterocycles. The zero-order valence-electron chi connectivity index (χ0n) is 12.1. The molecule has 2 rings (SSSR count). The average molecular weight is 286 g/mol. The lowest BCUT2D eigenvalue weighted by atomic mass is 10.1. The normalized spacial score (nSPS) is 10.7. The molecule has 2 aromatic rings. The highest BCUT2D eigenvalue weighted by atomic mass is 32.1. The fraction of sp³-hybridized carbons (Fsp3) is 0.389. The molecular formula is C18H22OS. The minimum Gasteiger partial charge on any atom is -0.293 e. The molecule has 2 heteroatoms. The molecule has 0 amide bonds. The van der Waals surface area contributed by atoms with E-state index in [1.54, 1.807) is 11.3 Å². The van der Waals surface area contributed by atoms with Crippen LogP contribution in [-0.2, 0) is 0 Å². The molecule has 0 unspecified atom stereocenters. The van der Waals surface area contributed by atoms with Crippen LogP contribution < -0.4 is 0 Å². The summed E-state index contributed by atoms with van der Waals surface area (Å²) in [4.78, 5) is 13.0. The second-order valence-electron chi connectivity index (χ2n) is 5.15. The first-order valence-corrected chi connectivity index (χ1v) is 8.36. The SMILES string of the molecule is CCCCCCCC(=O)c1cc(-c2ccccc2)cs1. The minimum absolute atomic E-state index is 0.300. The topological polar surface area (TPSA) is 17.1 Å². The highest BCUT2D eigenvalue weighted by Gasteiger charge is 2.09. The van der Waals surface area contributed by atoms with E-state index in [1.165, 1.54) is 31.2 Å². The molecule has 0 radical (unpaired) electrons. The first-order chi connectivity index (χ1) is 9.81. The van der Waals surface area contributed by atoms with E-state index in [9.17, 15) is 4.79 Å². The zero-order valence-corrected chi connectivity index (χ0v) is 12.9. The number of unbranched alkanes of at least 4 members (excludes halogenated alkanes) is 4.